The van der Waals surface area contributed by atoms with Gasteiger partial charge < -0.3 is 9.80 Å². The maximum atomic E-state index is 12.9. The first-order valence-corrected chi connectivity index (χ1v) is 10.6. The standard InChI is InChI=1S/C18H24N2O4S/c1-13(21)19-11-3-5-16(19)17-6-4-12-20(17)18(22)14-7-9-15(10-8-14)25(2,23)24/h7-10,16-17H,3-6,11-12H2,1-2H3/t16-,17-/m1/s1. The molecule has 136 valence electrons. The molecule has 0 aromatic heterocycles. The van der Waals surface area contributed by atoms with Gasteiger partial charge in [-0.2, -0.15) is 0 Å². The summed E-state index contributed by atoms with van der Waals surface area (Å²) in [6.07, 6.45) is 4.89. The van der Waals surface area contributed by atoms with Crippen molar-refractivity contribution >= 4 is 21.7 Å². The molecule has 0 N–H and O–H groups in total. The predicted octanol–water partition coefficient (Wildman–Crippen LogP) is 1.71. The number of rotatable bonds is 3. The van der Waals surface area contributed by atoms with Crippen LogP contribution in [0, 0.1) is 0 Å². The average molecular weight is 364 g/mol. The molecule has 0 radical (unpaired) electrons. The number of benzene rings is 1. The van der Waals surface area contributed by atoms with Crippen LogP contribution in [0.15, 0.2) is 29.2 Å². The zero-order valence-electron chi connectivity index (χ0n) is 14.6. The van der Waals surface area contributed by atoms with Gasteiger partial charge in [-0.3, -0.25) is 9.59 Å². The van der Waals surface area contributed by atoms with Gasteiger partial charge in [0.15, 0.2) is 9.84 Å². The zero-order chi connectivity index (χ0) is 18.2. The van der Waals surface area contributed by atoms with E-state index in [9.17, 15) is 18.0 Å². The lowest BCUT2D eigenvalue weighted by molar-refractivity contribution is -0.130. The Morgan fingerprint density at radius 2 is 1.48 bits per heavy atom. The Morgan fingerprint density at radius 3 is 2.00 bits per heavy atom. The molecule has 2 fully saturated rings. The third kappa shape index (κ3) is 3.56. The minimum atomic E-state index is -3.27. The molecule has 3 rings (SSSR count). The van der Waals surface area contributed by atoms with Gasteiger partial charge in [0.1, 0.15) is 0 Å². The SMILES string of the molecule is CC(=O)N1CCC[C@@H]1[C@H]1CCCN1C(=O)c1ccc(S(C)(=O)=O)cc1. The van der Waals surface area contributed by atoms with Crippen molar-refractivity contribution in [3.63, 3.8) is 0 Å². The van der Waals surface area contributed by atoms with E-state index < -0.39 is 9.84 Å². The summed E-state index contributed by atoms with van der Waals surface area (Å²) < 4.78 is 23.1. The first kappa shape index (κ1) is 17.9. The van der Waals surface area contributed by atoms with Gasteiger partial charge in [0.25, 0.3) is 5.91 Å². The lowest BCUT2D eigenvalue weighted by atomic mass is 10.0. The largest absolute Gasteiger partial charge is 0.338 e. The van der Waals surface area contributed by atoms with Gasteiger partial charge in [-0.25, -0.2) is 8.42 Å². The van der Waals surface area contributed by atoms with Gasteiger partial charge in [-0.15, -0.1) is 0 Å². The molecule has 0 bridgehead atoms. The quantitative estimate of drug-likeness (QED) is 0.818. The Bertz CT molecular complexity index is 773. The fourth-order valence-electron chi connectivity index (χ4n) is 4.04. The highest BCUT2D eigenvalue weighted by Crippen LogP contribution is 2.31. The van der Waals surface area contributed by atoms with Crippen LogP contribution < -0.4 is 0 Å². The molecule has 7 heteroatoms. The first-order chi connectivity index (χ1) is 11.8. The van der Waals surface area contributed by atoms with Crippen molar-refractivity contribution < 1.29 is 18.0 Å². The molecular formula is C18H24N2O4S. The van der Waals surface area contributed by atoms with Crippen LogP contribution in [0.2, 0.25) is 0 Å². The molecule has 2 amide bonds. The molecule has 0 unspecified atom stereocenters. The fraction of sp³-hybridized carbons (Fsp3) is 0.556. The summed E-state index contributed by atoms with van der Waals surface area (Å²) in [4.78, 5) is 28.7. The minimum absolute atomic E-state index is 0.0495. The van der Waals surface area contributed by atoms with Crippen molar-refractivity contribution in [2.24, 2.45) is 0 Å². The van der Waals surface area contributed by atoms with Crippen molar-refractivity contribution in [1.29, 1.82) is 0 Å². The maximum absolute atomic E-state index is 12.9. The van der Waals surface area contributed by atoms with Crippen LogP contribution in [-0.2, 0) is 14.6 Å². The van der Waals surface area contributed by atoms with Crippen LogP contribution in [0.25, 0.3) is 0 Å². The predicted molar refractivity (Wildman–Crippen MR) is 94.0 cm³/mol. The molecule has 0 saturated carbocycles. The lowest BCUT2D eigenvalue weighted by Crippen LogP contribution is -2.49. The highest BCUT2D eigenvalue weighted by Gasteiger charge is 2.40. The van der Waals surface area contributed by atoms with Crippen LogP contribution in [0.1, 0.15) is 43.0 Å². The average Bonchev–Trinajstić information content (AvgIpc) is 3.21. The van der Waals surface area contributed by atoms with Crippen molar-refractivity contribution in [1.82, 2.24) is 9.80 Å². The van der Waals surface area contributed by atoms with Gasteiger partial charge in [-0.1, -0.05) is 0 Å². The molecule has 0 aliphatic carbocycles. The topological polar surface area (TPSA) is 74.8 Å². The van der Waals surface area contributed by atoms with E-state index in [-0.39, 0.29) is 28.8 Å². The number of hydrogen-bond acceptors (Lipinski definition) is 4. The van der Waals surface area contributed by atoms with Crippen LogP contribution in [0.5, 0.6) is 0 Å². The Labute approximate surface area is 148 Å². The summed E-state index contributed by atoms with van der Waals surface area (Å²) in [5, 5.41) is 0. The summed E-state index contributed by atoms with van der Waals surface area (Å²) in [6, 6.07) is 6.25. The lowest BCUT2D eigenvalue weighted by Gasteiger charge is -2.34. The summed E-state index contributed by atoms with van der Waals surface area (Å²) in [7, 11) is -3.27. The summed E-state index contributed by atoms with van der Waals surface area (Å²) in [6.45, 7) is 3.03. The molecule has 2 saturated heterocycles. The molecule has 2 heterocycles. The third-order valence-electron chi connectivity index (χ3n) is 5.24. The van der Waals surface area contributed by atoms with Gasteiger partial charge in [-0.05, 0) is 49.9 Å². The second kappa shape index (κ2) is 6.78. The van der Waals surface area contributed by atoms with Gasteiger partial charge in [0.05, 0.1) is 17.0 Å². The van der Waals surface area contributed by atoms with Gasteiger partial charge in [0, 0.05) is 31.8 Å². The van der Waals surface area contributed by atoms with E-state index in [1.54, 1.807) is 19.1 Å². The van der Waals surface area contributed by atoms with E-state index in [2.05, 4.69) is 0 Å². The molecule has 1 aromatic carbocycles. The fourth-order valence-corrected chi connectivity index (χ4v) is 4.67. The Morgan fingerprint density at radius 1 is 0.960 bits per heavy atom. The number of carbonyl (C=O) groups is 2. The van der Waals surface area contributed by atoms with Gasteiger partial charge in [0.2, 0.25) is 5.91 Å². The van der Waals surface area contributed by atoms with Crippen LogP contribution >= 0.6 is 0 Å². The molecule has 2 atom stereocenters. The van der Waals surface area contributed by atoms with Crippen molar-refractivity contribution in [2.75, 3.05) is 19.3 Å². The summed E-state index contributed by atoms with van der Waals surface area (Å²) in [5.41, 5.74) is 0.492. The Balaban J connectivity index is 1.80. The second-order valence-electron chi connectivity index (χ2n) is 6.93. The Kier molecular flexibility index (Phi) is 4.86. The third-order valence-corrected chi connectivity index (χ3v) is 6.37. The summed E-state index contributed by atoms with van der Waals surface area (Å²) in [5.74, 6) is -0.0164. The summed E-state index contributed by atoms with van der Waals surface area (Å²) >= 11 is 0. The van der Waals surface area contributed by atoms with Crippen molar-refractivity contribution in [2.45, 2.75) is 49.6 Å². The van der Waals surface area contributed by atoms with Crippen molar-refractivity contribution in [3.05, 3.63) is 29.8 Å². The van der Waals surface area contributed by atoms with E-state index in [1.807, 2.05) is 9.80 Å². The highest BCUT2D eigenvalue weighted by molar-refractivity contribution is 7.90. The molecule has 2 aliphatic rings. The molecule has 25 heavy (non-hydrogen) atoms. The monoisotopic (exact) mass is 364 g/mol. The van der Waals surface area contributed by atoms with Crippen LogP contribution in [0.3, 0.4) is 0 Å². The molecule has 6 nitrogen and oxygen atoms in total. The minimum Gasteiger partial charge on any atom is -0.338 e. The zero-order valence-corrected chi connectivity index (χ0v) is 15.5. The molecule has 1 aromatic rings. The van der Waals surface area contributed by atoms with Crippen molar-refractivity contribution in [3.8, 4) is 0 Å². The Hall–Kier alpha value is -1.89. The van der Waals surface area contributed by atoms with E-state index >= 15 is 0 Å². The van der Waals surface area contributed by atoms with E-state index in [4.69, 9.17) is 0 Å². The number of nitrogens with zero attached hydrogens (tertiary/aromatic N) is 2. The normalized spacial score (nSPS) is 23.9. The van der Waals surface area contributed by atoms with Gasteiger partial charge >= 0.3 is 0 Å². The number of sulfone groups is 1. The van der Waals surface area contributed by atoms with Crippen LogP contribution in [-0.4, -0.2) is 61.5 Å². The maximum Gasteiger partial charge on any atom is 0.254 e. The van der Waals surface area contributed by atoms with Crippen LogP contribution in [0.4, 0.5) is 0 Å². The second-order valence-corrected chi connectivity index (χ2v) is 8.94. The number of likely N-dealkylation sites (tertiary alicyclic amines) is 2. The highest BCUT2D eigenvalue weighted by atomic mass is 32.2. The van der Waals surface area contributed by atoms with E-state index in [1.165, 1.54) is 12.1 Å². The number of amides is 2. The van der Waals surface area contributed by atoms with E-state index in [0.29, 0.717) is 12.1 Å². The number of carbonyl (C=O) groups excluding carboxylic acids is 2. The molecule has 0 spiro atoms. The van der Waals surface area contributed by atoms with E-state index in [0.717, 1.165) is 38.5 Å². The molecule has 2 aliphatic heterocycles. The molecular weight excluding hydrogens is 340 g/mol. The smallest absolute Gasteiger partial charge is 0.254 e. The first-order valence-electron chi connectivity index (χ1n) is 8.67. The number of hydrogen-bond donors (Lipinski definition) is 0.